The summed E-state index contributed by atoms with van der Waals surface area (Å²) in [6, 6.07) is 63.3. The van der Waals surface area contributed by atoms with Gasteiger partial charge in [-0.2, -0.15) is 0 Å². The average Bonchev–Trinajstić information content (AvgIpc) is 3.39. The molecule has 230 valence electrons. The normalized spacial score (nSPS) is 13.3. The van der Waals surface area contributed by atoms with Crippen LogP contribution in [-0.4, -0.2) is 0 Å². The van der Waals surface area contributed by atoms with Crippen LogP contribution in [0.2, 0.25) is 0 Å². The molecule has 0 spiro atoms. The van der Waals surface area contributed by atoms with E-state index in [9.17, 15) is 0 Å². The minimum atomic E-state index is -0.0450. The van der Waals surface area contributed by atoms with Crippen molar-refractivity contribution in [3.63, 3.8) is 0 Å². The van der Waals surface area contributed by atoms with E-state index in [-0.39, 0.29) is 5.41 Å². The van der Waals surface area contributed by atoms with Crippen molar-refractivity contribution >= 4 is 43.1 Å². The van der Waals surface area contributed by atoms with E-state index < -0.39 is 0 Å². The van der Waals surface area contributed by atoms with E-state index in [0.29, 0.717) is 0 Å². The van der Waals surface area contributed by atoms with Crippen molar-refractivity contribution in [3.8, 4) is 44.5 Å². The number of hydrogen-bond donors (Lipinski definition) is 0. The van der Waals surface area contributed by atoms with Gasteiger partial charge in [0.1, 0.15) is 0 Å². The van der Waals surface area contributed by atoms with Gasteiger partial charge >= 0.3 is 0 Å². The minimum Gasteiger partial charge on any atom is -0.0622 e. The quantitative estimate of drug-likeness (QED) is 0.172. The molecule has 0 heteroatoms. The molecule has 0 saturated heterocycles. The second kappa shape index (κ2) is 10.5. The van der Waals surface area contributed by atoms with E-state index >= 15 is 0 Å². The van der Waals surface area contributed by atoms with Gasteiger partial charge in [0.15, 0.2) is 0 Å². The summed E-state index contributed by atoms with van der Waals surface area (Å²) in [5.41, 5.74) is 13.0. The maximum absolute atomic E-state index is 2.44. The highest BCUT2D eigenvalue weighted by atomic mass is 14.4. The number of fused-ring (bicyclic) bond motifs is 9. The molecule has 9 aromatic rings. The fourth-order valence-electron chi connectivity index (χ4n) is 8.56. The van der Waals surface area contributed by atoms with Crippen LogP contribution in [0.3, 0.4) is 0 Å². The average molecular weight is 623 g/mol. The third-order valence-electron chi connectivity index (χ3n) is 11.0. The Bertz CT molecular complexity index is 2780. The van der Waals surface area contributed by atoms with Crippen molar-refractivity contribution in [1.82, 2.24) is 0 Å². The first-order valence-electron chi connectivity index (χ1n) is 17.3. The third-order valence-corrected chi connectivity index (χ3v) is 11.0. The summed E-state index contributed by atoms with van der Waals surface area (Å²) in [5.74, 6) is 0. The first-order valence-corrected chi connectivity index (χ1v) is 17.3. The van der Waals surface area contributed by atoms with Gasteiger partial charge in [-0.05, 0) is 129 Å². The molecular weight excluding hydrogens is 589 g/mol. The van der Waals surface area contributed by atoms with Crippen molar-refractivity contribution in [3.05, 3.63) is 181 Å². The van der Waals surface area contributed by atoms with Crippen molar-refractivity contribution in [2.24, 2.45) is 0 Å². The Balaban J connectivity index is 1.20. The van der Waals surface area contributed by atoms with Gasteiger partial charge in [0.25, 0.3) is 0 Å². The summed E-state index contributed by atoms with van der Waals surface area (Å²) in [4.78, 5) is 0. The standard InChI is InChI=1S/C49H34/c1-49(2)46-19-11-10-17-41(46)42-25-22-33(30-47(42)49)36-27-37-26-34(23-24-38(37)44(29-36)31-12-4-3-5-13-31)45-28-35-21-20-32-14-6-7-15-39(32)48(35)43-18-9-8-16-40(43)45/h3-30H,1-2H3. The van der Waals surface area contributed by atoms with Crippen LogP contribution in [0.25, 0.3) is 87.6 Å². The summed E-state index contributed by atoms with van der Waals surface area (Å²) < 4.78 is 0. The Hall–Kier alpha value is -5.98. The third kappa shape index (κ3) is 4.24. The molecule has 1 aliphatic carbocycles. The molecule has 0 unspecified atom stereocenters. The van der Waals surface area contributed by atoms with Crippen molar-refractivity contribution in [2.75, 3.05) is 0 Å². The van der Waals surface area contributed by atoms with Crippen LogP contribution in [0.15, 0.2) is 170 Å². The predicted molar refractivity (Wildman–Crippen MR) is 210 cm³/mol. The molecule has 1 aliphatic rings. The molecule has 10 rings (SSSR count). The zero-order valence-corrected chi connectivity index (χ0v) is 27.7. The van der Waals surface area contributed by atoms with Gasteiger partial charge in [0, 0.05) is 5.41 Å². The van der Waals surface area contributed by atoms with Gasteiger partial charge in [-0.3, -0.25) is 0 Å². The highest BCUT2D eigenvalue weighted by molar-refractivity contribution is 6.23. The minimum absolute atomic E-state index is 0.0450. The molecule has 0 saturated carbocycles. The maximum Gasteiger partial charge on any atom is 0.0159 e. The molecule has 0 aliphatic heterocycles. The fraction of sp³-hybridized carbons (Fsp3) is 0.0612. The molecule has 0 heterocycles. The van der Waals surface area contributed by atoms with Crippen LogP contribution in [0.4, 0.5) is 0 Å². The molecule has 0 fully saturated rings. The van der Waals surface area contributed by atoms with Crippen LogP contribution in [0.1, 0.15) is 25.0 Å². The van der Waals surface area contributed by atoms with Gasteiger partial charge < -0.3 is 0 Å². The molecule has 0 bridgehead atoms. The second-order valence-corrected chi connectivity index (χ2v) is 14.1. The summed E-state index contributed by atoms with van der Waals surface area (Å²) >= 11 is 0. The molecule has 0 radical (unpaired) electrons. The first kappa shape index (κ1) is 28.1. The smallest absolute Gasteiger partial charge is 0.0159 e. The lowest BCUT2D eigenvalue weighted by Crippen LogP contribution is -2.14. The van der Waals surface area contributed by atoms with Crippen LogP contribution >= 0.6 is 0 Å². The lowest BCUT2D eigenvalue weighted by molar-refractivity contribution is 0.660. The van der Waals surface area contributed by atoms with Crippen LogP contribution < -0.4 is 0 Å². The van der Waals surface area contributed by atoms with E-state index in [1.54, 1.807) is 0 Å². The van der Waals surface area contributed by atoms with Crippen LogP contribution in [0, 0.1) is 0 Å². The zero-order chi connectivity index (χ0) is 32.7. The lowest BCUT2D eigenvalue weighted by Gasteiger charge is -2.22. The number of rotatable bonds is 3. The molecule has 0 amide bonds. The molecule has 9 aromatic carbocycles. The molecule has 0 nitrogen and oxygen atoms in total. The topological polar surface area (TPSA) is 0 Å². The highest BCUT2D eigenvalue weighted by Gasteiger charge is 2.35. The lowest BCUT2D eigenvalue weighted by atomic mass is 9.81. The summed E-state index contributed by atoms with van der Waals surface area (Å²) in [5, 5.41) is 10.3. The second-order valence-electron chi connectivity index (χ2n) is 14.1. The van der Waals surface area contributed by atoms with E-state index in [1.807, 2.05) is 0 Å². The summed E-state index contributed by atoms with van der Waals surface area (Å²) in [6.45, 7) is 4.72. The number of hydrogen-bond acceptors (Lipinski definition) is 0. The van der Waals surface area contributed by atoms with Gasteiger partial charge in [-0.1, -0.05) is 153 Å². The van der Waals surface area contributed by atoms with Crippen molar-refractivity contribution < 1.29 is 0 Å². The SMILES string of the molecule is CC1(C)c2ccccc2-c2ccc(-c3cc(-c4ccccc4)c4ccc(-c5cc6ccc7ccccc7c6c6ccccc56)cc4c3)cc21. The van der Waals surface area contributed by atoms with Gasteiger partial charge in [-0.15, -0.1) is 0 Å². The van der Waals surface area contributed by atoms with Gasteiger partial charge in [0.2, 0.25) is 0 Å². The molecular formula is C49H34. The van der Waals surface area contributed by atoms with Gasteiger partial charge in [0.05, 0.1) is 0 Å². The Kier molecular flexibility index (Phi) is 6.02. The Morgan fingerprint density at radius 3 is 1.84 bits per heavy atom. The van der Waals surface area contributed by atoms with Crippen molar-refractivity contribution in [1.29, 1.82) is 0 Å². The molecule has 0 aromatic heterocycles. The van der Waals surface area contributed by atoms with Crippen molar-refractivity contribution in [2.45, 2.75) is 19.3 Å². The van der Waals surface area contributed by atoms with E-state index in [0.717, 1.165) is 0 Å². The highest BCUT2D eigenvalue weighted by Crippen LogP contribution is 2.50. The Morgan fingerprint density at radius 1 is 0.306 bits per heavy atom. The van der Waals surface area contributed by atoms with E-state index in [4.69, 9.17) is 0 Å². The Morgan fingerprint density at radius 2 is 0.959 bits per heavy atom. The number of benzene rings is 9. The monoisotopic (exact) mass is 622 g/mol. The largest absolute Gasteiger partial charge is 0.0622 e. The summed E-state index contributed by atoms with van der Waals surface area (Å²) in [7, 11) is 0. The summed E-state index contributed by atoms with van der Waals surface area (Å²) in [6.07, 6.45) is 0. The maximum atomic E-state index is 2.44. The fourth-order valence-corrected chi connectivity index (χ4v) is 8.56. The zero-order valence-electron chi connectivity index (χ0n) is 27.7. The van der Waals surface area contributed by atoms with Crippen LogP contribution in [0.5, 0.6) is 0 Å². The molecule has 0 atom stereocenters. The van der Waals surface area contributed by atoms with Crippen LogP contribution in [-0.2, 0) is 5.41 Å². The predicted octanol–water partition coefficient (Wildman–Crippen LogP) is 13.6. The first-order chi connectivity index (χ1) is 24.0. The molecule has 0 N–H and O–H groups in total. The van der Waals surface area contributed by atoms with E-state index in [1.165, 1.54) is 98.7 Å². The molecule has 49 heavy (non-hydrogen) atoms. The van der Waals surface area contributed by atoms with E-state index in [2.05, 4.69) is 184 Å². The van der Waals surface area contributed by atoms with Gasteiger partial charge in [-0.25, -0.2) is 0 Å². The Labute approximate surface area is 286 Å².